The standard InChI is InChI=1S/C88H147N5/c1-88(2,3)74-54-46-73(47-55-74)87-90-89-86(93(87)76-32-14-7-15-33-76)72-44-40-63(41-45-72)62-38-42-70(43-39-62)84(68-24-8-4-9-25-68)85(69-26-10-5-11-27-69)71-52-60-79(61-53-71)92(83-37-21-29-67-23-17-19-35-81(67)83)78-58-50-65(51-59-78)64-48-56-77(57-49-64)91(75-30-12-6-13-31-75)82-36-20-28-66-22-16-18-34-80(66)82/h62-83H,4-61H2,1-3H3/b85-84+. The Morgan fingerprint density at radius 1 is 0.280 bits per heavy atom. The van der Waals surface area contributed by atoms with E-state index in [-0.39, 0.29) is 0 Å². The van der Waals surface area contributed by atoms with Crippen molar-refractivity contribution in [2.75, 3.05) is 0 Å². The van der Waals surface area contributed by atoms with Crippen LogP contribution in [0.2, 0.25) is 0 Å². The minimum Gasteiger partial charge on any atom is -0.311 e. The van der Waals surface area contributed by atoms with E-state index in [0.717, 1.165) is 113 Å². The monoisotopic (exact) mass is 1270 g/mol. The summed E-state index contributed by atoms with van der Waals surface area (Å²) in [5, 5.41) is 10.5. The van der Waals surface area contributed by atoms with Crippen LogP contribution in [0.15, 0.2) is 11.1 Å². The molecule has 1 aromatic rings. The molecule has 15 rings (SSSR count). The first-order chi connectivity index (χ1) is 45.8. The summed E-state index contributed by atoms with van der Waals surface area (Å²) in [4.78, 5) is 6.86. The van der Waals surface area contributed by atoms with Gasteiger partial charge < -0.3 is 4.57 Å². The number of rotatable bonds is 15. The van der Waals surface area contributed by atoms with Gasteiger partial charge in [-0.05, 0) is 313 Å². The van der Waals surface area contributed by atoms with Gasteiger partial charge in [0, 0.05) is 54.1 Å². The van der Waals surface area contributed by atoms with Crippen LogP contribution in [-0.4, -0.2) is 60.8 Å². The van der Waals surface area contributed by atoms with Gasteiger partial charge in [-0.2, -0.15) is 0 Å². The second-order valence-electron chi connectivity index (χ2n) is 38.5. The molecule has 0 bridgehead atoms. The molecule has 93 heavy (non-hydrogen) atoms. The lowest BCUT2D eigenvalue weighted by Gasteiger charge is -2.55. The topological polar surface area (TPSA) is 37.2 Å². The van der Waals surface area contributed by atoms with E-state index in [2.05, 4.69) is 46.3 Å². The molecule has 0 aliphatic heterocycles. The molecule has 6 unspecified atom stereocenters. The van der Waals surface area contributed by atoms with Gasteiger partial charge in [0.25, 0.3) is 0 Å². The van der Waals surface area contributed by atoms with Crippen molar-refractivity contribution < 1.29 is 0 Å². The second-order valence-corrected chi connectivity index (χ2v) is 38.5. The number of fused-ring (bicyclic) bond motifs is 2. The number of nitrogens with zero attached hydrogens (tertiary/aromatic N) is 5. The molecule has 0 aromatic carbocycles. The molecule has 0 spiro atoms. The molecule has 1 aromatic heterocycles. The zero-order valence-corrected chi connectivity index (χ0v) is 61.4. The molecule has 0 N–H and O–H groups in total. The predicted molar refractivity (Wildman–Crippen MR) is 391 cm³/mol. The zero-order chi connectivity index (χ0) is 62.7. The quantitative estimate of drug-likeness (QED) is 0.164. The van der Waals surface area contributed by atoms with Crippen LogP contribution in [0.4, 0.5) is 0 Å². The molecule has 0 saturated heterocycles. The first kappa shape index (κ1) is 67.6. The Morgan fingerprint density at radius 3 is 1.02 bits per heavy atom. The summed E-state index contributed by atoms with van der Waals surface area (Å²) in [6, 6.07) is 6.04. The van der Waals surface area contributed by atoms with Crippen molar-refractivity contribution >= 4 is 0 Å². The maximum Gasteiger partial charge on any atom is 0.136 e. The Labute approximate surface area is 573 Å². The number of hydrogen-bond donors (Lipinski definition) is 0. The van der Waals surface area contributed by atoms with Crippen LogP contribution in [-0.2, 0) is 0 Å². The SMILES string of the molecule is CC(C)(C)C1CCC(c2nnc(C3CCC(C4CCC(/C(=C(\C5CCCCC5)C5CCC(N(C6CCC(C7CCC(N(C8CCCCC8)C8CCCC9CCCCC98)CC7)CC6)C6CCCC7CCCCC76)CC5)C5CCCCC5)CC4)CC3)n2C2CCCCC2)CC1. The Hall–Kier alpha value is -1.20. The largest absolute Gasteiger partial charge is 0.311 e. The molecular formula is C88H147N5. The maximum absolute atomic E-state index is 5.29. The second kappa shape index (κ2) is 31.8. The molecule has 14 saturated carbocycles. The first-order valence-corrected chi connectivity index (χ1v) is 44.0. The van der Waals surface area contributed by atoms with Crippen LogP contribution in [0.3, 0.4) is 0 Å². The van der Waals surface area contributed by atoms with Crippen molar-refractivity contribution in [3.8, 4) is 0 Å². The van der Waals surface area contributed by atoms with Gasteiger partial charge in [0.15, 0.2) is 0 Å². The summed E-state index contributed by atoms with van der Waals surface area (Å²) in [7, 11) is 0. The molecule has 0 amide bonds. The lowest BCUT2D eigenvalue weighted by Crippen LogP contribution is -2.57. The molecular weight excluding hydrogens is 1130 g/mol. The molecule has 1 heterocycles. The Bertz CT molecular complexity index is 2420. The van der Waals surface area contributed by atoms with Crippen LogP contribution in [0.5, 0.6) is 0 Å². The van der Waals surface area contributed by atoms with Crippen LogP contribution in [0.25, 0.3) is 0 Å². The smallest absolute Gasteiger partial charge is 0.136 e. The van der Waals surface area contributed by atoms with Crippen molar-refractivity contribution in [1.29, 1.82) is 0 Å². The highest BCUT2D eigenvalue weighted by atomic mass is 15.3. The van der Waals surface area contributed by atoms with Crippen LogP contribution < -0.4 is 0 Å². The third-order valence-corrected chi connectivity index (χ3v) is 32.8. The van der Waals surface area contributed by atoms with E-state index in [0.29, 0.717) is 23.3 Å². The number of hydrogen-bond acceptors (Lipinski definition) is 4. The summed E-state index contributed by atoms with van der Waals surface area (Å²) in [5.74, 6) is 16.7. The molecule has 6 atom stereocenters. The van der Waals surface area contributed by atoms with E-state index in [9.17, 15) is 0 Å². The molecule has 524 valence electrons. The summed E-state index contributed by atoms with van der Waals surface area (Å²) >= 11 is 0. The lowest BCUT2D eigenvalue weighted by atomic mass is 9.62. The van der Waals surface area contributed by atoms with Crippen molar-refractivity contribution in [3.05, 3.63) is 22.8 Å². The average molecular weight is 1280 g/mol. The van der Waals surface area contributed by atoms with Gasteiger partial charge in [-0.15, -0.1) is 10.2 Å². The summed E-state index contributed by atoms with van der Waals surface area (Å²) < 4.78 is 2.85. The predicted octanol–water partition coefficient (Wildman–Crippen LogP) is 25.0. The Morgan fingerprint density at radius 2 is 0.591 bits per heavy atom. The molecule has 14 aliphatic carbocycles. The van der Waals surface area contributed by atoms with Gasteiger partial charge in [-0.1, -0.05) is 173 Å². The molecule has 5 nitrogen and oxygen atoms in total. The average Bonchev–Trinajstić information content (AvgIpc) is 1.09. The van der Waals surface area contributed by atoms with E-state index in [4.69, 9.17) is 10.2 Å². The molecule has 5 heteroatoms. The highest BCUT2D eigenvalue weighted by Crippen LogP contribution is 2.56. The molecule has 0 radical (unpaired) electrons. The summed E-state index contributed by atoms with van der Waals surface area (Å²) in [6.07, 6.45) is 87.0. The zero-order valence-electron chi connectivity index (χ0n) is 61.4. The highest BCUT2D eigenvalue weighted by Gasteiger charge is 2.49. The van der Waals surface area contributed by atoms with E-state index in [1.54, 1.807) is 96.3 Å². The minimum atomic E-state index is 0.426. The van der Waals surface area contributed by atoms with E-state index >= 15 is 0 Å². The number of aromatic nitrogens is 3. The van der Waals surface area contributed by atoms with E-state index < -0.39 is 0 Å². The normalized spacial score (nSPS) is 40.9. The van der Waals surface area contributed by atoms with Crippen molar-refractivity contribution in [2.45, 2.75) is 447 Å². The Balaban J connectivity index is 0.610. The molecule has 14 aliphatic rings. The van der Waals surface area contributed by atoms with E-state index in [1.165, 1.54) is 288 Å². The van der Waals surface area contributed by atoms with Crippen molar-refractivity contribution in [1.82, 2.24) is 24.6 Å². The van der Waals surface area contributed by atoms with Gasteiger partial charge in [0.2, 0.25) is 0 Å². The van der Waals surface area contributed by atoms with Crippen molar-refractivity contribution in [3.63, 3.8) is 0 Å². The van der Waals surface area contributed by atoms with E-state index in [1.807, 2.05) is 0 Å². The first-order valence-electron chi connectivity index (χ1n) is 44.0. The summed E-state index contributed by atoms with van der Waals surface area (Å²) in [6.45, 7) is 7.45. The van der Waals surface area contributed by atoms with Gasteiger partial charge in [0.05, 0.1) is 0 Å². The van der Waals surface area contributed by atoms with Crippen LogP contribution >= 0.6 is 0 Å². The van der Waals surface area contributed by atoms with Gasteiger partial charge in [-0.25, -0.2) is 0 Å². The van der Waals surface area contributed by atoms with Crippen LogP contribution in [0.1, 0.15) is 423 Å². The van der Waals surface area contributed by atoms with Gasteiger partial charge >= 0.3 is 0 Å². The maximum atomic E-state index is 5.29. The van der Waals surface area contributed by atoms with Gasteiger partial charge in [0.1, 0.15) is 11.6 Å². The fraction of sp³-hybridized carbons (Fsp3) is 0.955. The third kappa shape index (κ3) is 15.4. The van der Waals surface area contributed by atoms with Gasteiger partial charge in [-0.3, -0.25) is 9.80 Å². The Kier molecular flexibility index (Phi) is 23.1. The minimum absolute atomic E-state index is 0.426. The molecule has 14 fully saturated rings. The fourth-order valence-corrected chi connectivity index (χ4v) is 28.0. The van der Waals surface area contributed by atoms with Crippen molar-refractivity contribution in [2.24, 2.45) is 82.3 Å². The highest BCUT2D eigenvalue weighted by molar-refractivity contribution is 5.28. The van der Waals surface area contributed by atoms with Crippen LogP contribution in [0, 0.1) is 82.3 Å². The number of allylic oxidation sites excluding steroid dienone is 2. The fourth-order valence-electron chi connectivity index (χ4n) is 28.0. The summed E-state index contributed by atoms with van der Waals surface area (Å²) in [5.41, 5.74) is 4.81. The lowest BCUT2D eigenvalue weighted by molar-refractivity contribution is -0.0481. The third-order valence-electron chi connectivity index (χ3n) is 32.8.